The first-order chi connectivity index (χ1) is 13.1. The molecular formula is C22H20N4O. The Morgan fingerprint density at radius 2 is 2.04 bits per heavy atom. The van der Waals surface area contributed by atoms with Crippen molar-refractivity contribution < 1.29 is 4.79 Å². The van der Waals surface area contributed by atoms with Crippen molar-refractivity contribution in [1.29, 1.82) is 5.26 Å². The lowest BCUT2D eigenvalue weighted by atomic mass is 10.1. The lowest BCUT2D eigenvalue weighted by Gasteiger charge is -2.27. The minimum atomic E-state index is 0.0597. The average Bonchev–Trinajstić information content (AvgIpc) is 3.12. The van der Waals surface area contributed by atoms with Gasteiger partial charge >= 0.3 is 0 Å². The molecule has 0 fully saturated rings. The molecule has 2 aromatic carbocycles. The Morgan fingerprint density at radius 3 is 2.85 bits per heavy atom. The zero-order valence-electron chi connectivity index (χ0n) is 15.2. The number of hydrogen-bond donors (Lipinski definition) is 0. The van der Waals surface area contributed by atoms with E-state index in [0.717, 1.165) is 35.3 Å². The van der Waals surface area contributed by atoms with Crippen LogP contribution in [0.2, 0.25) is 0 Å². The van der Waals surface area contributed by atoms with Crippen molar-refractivity contribution in [3.63, 3.8) is 0 Å². The minimum absolute atomic E-state index is 0.0597. The number of nitriles is 1. The quantitative estimate of drug-likeness (QED) is 0.719. The summed E-state index contributed by atoms with van der Waals surface area (Å²) in [5.74, 6) is 0.751. The summed E-state index contributed by atoms with van der Waals surface area (Å²) >= 11 is 0. The van der Waals surface area contributed by atoms with E-state index in [1.54, 1.807) is 11.0 Å². The van der Waals surface area contributed by atoms with Crippen molar-refractivity contribution in [3.05, 3.63) is 71.4 Å². The molecule has 0 bridgehead atoms. The van der Waals surface area contributed by atoms with Crippen molar-refractivity contribution in [2.45, 2.75) is 26.3 Å². The van der Waals surface area contributed by atoms with E-state index in [-0.39, 0.29) is 5.91 Å². The Bertz CT molecular complexity index is 1040. The van der Waals surface area contributed by atoms with Crippen LogP contribution in [-0.4, -0.2) is 22.0 Å². The number of amides is 1. The van der Waals surface area contributed by atoms with Crippen molar-refractivity contribution in [2.75, 3.05) is 11.4 Å². The highest BCUT2D eigenvalue weighted by Gasteiger charge is 2.25. The van der Waals surface area contributed by atoms with Gasteiger partial charge in [0.15, 0.2) is 0 Å². The molecular weight excluding hydrogens is 336 g/mol. The summed E-state index contributed by atoms with van der Waals surface area (Å²) in [4.78, 5) is 19.4. The second-order valence-corrected chi connectivity index (χ2v) is 6.88. The third-order valence-corrected chi connectivity index (χ3v) is 4.80. The average molecular weight is 356 g/mol. The predicted molar refractivity (Wildman–Crippen MR) is 104 cm³/mol. The summed E-state index contributed by atoms with van der Waals surface area (Å²) in [6.07, 6.45) is 3.24. The van der Waals surface area contributed by atoms with Gasteiger partial charge in [-0.1, -0.05) is 42.0 Å². The van der Waals surface area contributed by atoms with Crippen LogP contribution in [0.3, 0.4) is 0 Å². The third-order valence-electron chi connectivity index (χ3n) is 4.80. The minimum Gasteiger partial charge on any atom is -0.316 e. The second-order valence-electron chi connectivity index (χ2n) is 6.88. The molecule has 4 rings (SSSR count). The maximum atomic E-state index is 12.9. The van der Waals surface area contributed by atoms with Crippen molar-refractivity contribution >= 4 is 11.9 Å². The SMILES string of the molecule is Cc1cccc(CC(=O)N2CCCn3cc(-c4cccc(C#N)c4)nc32)c1. The van der Waals surface area contributed by atoms with Crippen LogP contribution in [0.5, 0.6) is 0 Å². The van der Waals surface area contributed by atoms with Crippen LogP contribution in [0, 0.1) is 18.3 Å². The molecule has 3 aromatic rings. The highest BCUT2D eigenvalue weighted by Crippen LogP contribution is 2.27. The molecule has 0 N–H and O–H groups in total. The Morgan fingerprint density at radius 1 is 1.19 bits per heavy atom. The maximum absolute atomic E-state index is 12.9. The summed E-state index contributed by atoms with van der Waals surface area (Å²) in [6, 6.07) is 17.6. The number of benzene rings is 2. The van der Waals surface area contributed by atoms with Gasteiger partial charge in [0, 0.05) is 24.8 Å². The van der Waals surface area contributed by atoms with Crippen LogP contribution in [0.4, 0.5) is 5.95 Å². The Hall–Kier alpha value is -3.39. The number of aryl methyl sites for hydroxylation is 2. The highest BCUT2D eigenvalue weighted by molar-refractivity contribution is 5.93. The number of rotatable bonds is 3. The molecule has 0 saturated carbocycles. The monoisotopic (exact) mass is 356 g/mol. The summed E-state index contributed by atoms with van der Waals surface area (Å²) < 4.78 is 2.03. The molecule has 27 heavy (non-hydrogen) atoms. The normalized spacial score (nSPS) is 13.1. The fourth-order valence-electron chi connectivity index (χ4n) is 3.50. The first kappa shape index (κ1) is 17.0. The van der Waals surface area contributed by atoms with Gasteiger partial charge in [-0.3, -0.25) is 9.69 Å². The fraction of sp³-hybridized carbons (Fsp3) is 0.227. The van der Waals surface area contributed by atoms with E-state index in [1.165, 1.54) is 0 Å². The topological polar surface area (TPSA) is 61.9 Å². The maximum Gasteiger partial charge on any atom is 0.233 e. The van der Waals surface area contributed by atoms with Gasteiger partial charge in [-0.25, -0.2) is 4.98 Å². The Labute approximate surface area is 158 Å². The van der Waals surface area contributed by atoms with E-state index in [1.807, 2.05) is 60.2 Å². The van der Waals surface area contributed by atoms with Gasteiger partial charge in [-0.2, -0.15) is 5.26 Å². The lowest BCUT2D eigenvalue weighted by Crippen LogP contribution is -2.38. The van der Waals surface area contributed by atoms with Gasteiger partial charge in [-0.15, -0.1) is 0 Å². The first-order valence-electron chi connectivity index (χ1n) is 9.07. The Balaban J connectivity index is 1.62. The summed E-state index contributed by atoms with van der Waals surface area (Å²) in [6.45, 7) is 3.55. The van der Waals surface area contributed by atoms with E-state index in [0.29, 0.717) is 24.5 Å². The number of fused-ring (bicyclic) bond motifs is 1. The number of hydrogen-bond acceptors (Lipinski definition) is 3. The molecule has 0 atom stereocenters. The second kappa shape index (κ2) is 7.08. The molecule has 0 spiro atoms. The molecule has 2 heterocycles. The molecule has 0 saturated heterocycles. The zero-order valence-corrected chi connectivity index (χ0v) is 15.2. The van der Waals surface area contributed by atoms with Gasteiger partial charge in [0.1, 0.15) is 0 Å². The van der Waals surface area contributed by atoms with Gasteiger partial charge in [0.2, 0.25) is 11.9 Å². The summed E-state index contributed by atoms with van der Waals surface area (Å²) in [5, 5.41) is 9.12. The van der Waals surface area contributed by atoms with Crippen LogP contribution < -0.4 is 4.90 Å². The van der Waals surface area contributed by atoms with Crippen molar-refractivity contribution in [3.8, 4) is 17.3 Å². The largest absolute Gasteiger partial charge is 0.316 e. The van der Waals surface area contributed by atoms with Gasteiger partial charge in [0.25, 0.3) is 0 Å². The van der Waals surface area contributed by atoms with Gasteiger partial charge < -0.3 is 4.57 Å². The molecule has 0 aliphatic carbocycles. The van der Waals surface area contributed by atoms with Crippen LogP contribution in [0.1, 0.15) is 23.1 Å². The molecule has 0 radical (unpaired) electrons. The van der Waals surface area contributed by atoms with Crippen LogP contribution in [0.15, 0.2) is 54.7 Å². The number of aromatic nitrogens is 2. The Kier molecular flexibility index (Phi) is 4.47. The summed E-state index contributed by atoms with van der Waals surface area (Å²) in [7, 11) is 0. The number of carbonyl (C=O) groups is 1. The molecule has 1 amide bonds. The molecule has 5 heteroatoms. The fourth-order valence-corrected chi connectivity index (χ4v) is 3.50. The molecule has 1 aliphatic heterocycles. The molecule has 0 unspecified atom stereocenters. The molecule has 5 nitrogen and oxygen atoms in total. The van der Waals surface area contributed by atoms with Gasteiger partial charge in [-0.05, 0) is 31.0 Å². The molecule has 134 valence electrons. The zero-order chi connectivity index (χ0) is 18.8. The lowest BCUT2D eigenvalue weighted by molar-refractivity contribution is -0.118. The number of nitrogens with zero attached hydrogens (tertiary/aromatic N) is 4. The van der Waals surface area contributed by atoms with Gasteiger partial charge in [0.05, 0.1) is 23.7 Å². The van der Waals surface area contributed by atoms with E-state index in [4.69, 9.17) is 10.2 Å². The predicted octanol–water partition coefficient (Wildman–Crippen LogP) is 3.71. The van der Waals surface area contributed by atoms with Crippen LogP contribution in [0.25, 0.3) is 11.3 Å². The van der Waals surface area contributed by atoms with Crippen LogP contribution in [-0.2, 0) is 17.8 Å². The van der Waals surface area contributed by atoms with E-state index < -0.39 is 0 Å². The number of anilines is 1. The molecule has 1 aliphatic rings. The van der Waals surface area contributed by atoms with Crippen LogP contribution >= 0.6 is 0 Å². The van der Waals surface area contributed by atoms with E-state index in [2.05, 4.69) is 6.07 Å². The molecule has 1 aromatic heterocycles. The standard InChI is InChI=1S/C22H20N4O/c1-16-5-2-6-17(11-16)13-21(27)26-10-4-9-25-15-20(24-22(25)26)19-8-3-7-18(12-19)14-23/h2-3,5-8,11-12,15H,4,9-10,13H2,1H3. The summed E-state index contributed by atoms with van der Waals surface area (Å²) in [5.41, 5.74) is 4.45. The smallest absolute Gasteiger partial charge is 0.233 e. The number of carbonyl (C=O) groups excluding carboxylic acids is 1. The highest BCUT2D eigenvalue weighted by atomic mass is 16.2. The van der Waals surface area contributed by atoms with Crippen molar-refractivity contribution in [2.24, 2.45) is 0 Å². The first-order valence-corrected chi connectivity index (χ1v) is 9.07. The van der Waals surface area contributed by atoms with E-state index >= 15 is 0 Å². The van der Waals surface area contributed by atoms with Crippen molar-refractivity contribution in [1.82, 2.24) is 9.55 Å². The third kappa shape index (κ3) is 3.47. The van der Waals surface area contributed by atoms with E-state index in [9.17, 15) is 4.79 Å². The number of imidazole rings is 1.